The lowest BCUT2D eigenvalue weighted by atomic mass is 10.4. The molecule has 2 aromatic rings. The van der Waals surface area contributed by atoms with E-state index in [1.807, 2.05) is 0 Å². The van der Waals surface area contributed by atoms with Gasteiger partial charge in [0.05, 0.1) is 23.1 Å². The molecule has 0 aliphatic carbocycles. The van der Waals surface area contributed by atoms with Crippen molar-refractivity contribution in [2.45, 2.75) is 17.2 Å². The third-order valence-corrected chi connectivity index (χ3v) is 4.04. The molecule has 0 bridgehead atoms. The van der Waals surface area contributed by atoms with Crippen LogP contribution in [0.4, 0.5) is 0 Å². The van der Waals surface area contributed by atoms with Crippen LogP contribution in [0.25, 0.3) is 0 Å². The molecule has 1 aromatic carbocycles. The molecule has 1 aromatic heterocycles. The van der Waals surface area contributed by atoms with Crippen LogP contribution in [0.3, 0.4) is 0 Å². The van der Waals surface area contributed by atoms with Gasteiger partial charge in [0.2, 0.25) is 0 Å². The molecule has 0 saturated carbocycles. The van der Waals surface area contributed by atoms with Crippen LogP contribution in [0, 0.1) is 0 Å². The second kappa shape index (κ2) is 5.89. The average molecular weight is 304 g/mol. The molecule has 0 fully saturated rings. The molecule has 1 atom stereocenters. The molecule has 96 valence electrons. The van der Waals surface area contributed by atoms with Gasteiger partial charge in [0.25, 0.3) is 0 Å². The minimum absolute atomic E-state index is 0.274. The average Bonchev–Trinajstić information content (AvgIpc) is 2.75. The number of hydrogen-bond acceptors (Lipinski definition) is 3. The highest BCUT2D eigenvalue weighted by atomic mass is 35.5. The summed E-state index contributed by atoms with van der Waals surface area (Å²) in [5.41, 5.74) is 5.44. The van der Waals surface area contributed by atoms with E-state index in [9.17, 15) is 4.21 Å². The number of hydrogen-bond donors (Lipinski definition) is 1. The zero-order chi connectivity index (χ0) is 13.1. The molecular weight excluding hydrogens is 293 g/mol. The van der Waals surface area contributed by atoms with E-state index in [1.165, 1.54) is 0 Å². The van der Waals surface area contributed by atoms with Gasteiger partial charge in [-0.05, 0) is 30.3 Å². The zero-order valence-electron chi connectivity index (χ0n) is 9.36. The Bertz CT molecular complexity index is 563. The van der Waals surface area contributed by atoms with Crippen LogP contribution in [0.2, 0.25) is 10.0 Å². The summed E-state index contributed by atoms with van der Waals surface area (Å²) in [5, 5.41) is 0.931. The van der Waals surface area contributed by atoms with Crippen LogP contribution in [0.5, 0.6) is 0 Å². The Morgan fingerprint density at radius 1 is 1.11 bits per heavy atom. The van der Waals surface area contributed by atoms with E-state index < -0.39 is 10.8 Å². The van der Waals surface area contributed by atoms with Crippen molar-refractivity contribution in [1.29, 1.82) is 0 Å². The van der Waals surface area contributed by atoms with Gasteiger partial charge in [-0.25, -0.2) is 0 Å². The Balaban J connectivity index is 2.16. The summed E-state index contributed by atoms with van der Waals surface area (Å²) < 4.78 is 17.5. The topological polar surface area (TPSA) is 56.2 Å². The molecule has 0 aliphatic rings. The van der Waals surface area contributed by atoms with Gasteiger partial charge in [-0.15, -0.1) is 0 Å². The summed E-state index contributed by atoms with van der Waals surface area (Å²) in [6, 6.07) is 8.42. The van der Waals surface area contributed by atoms with Gasteiger partial charge in [0.15, 0.2) is 0 Å². The van der Waals surface area contributed by atoms with Gasteiger partial charge in [-0.1, -0.05) is 23.2 Å². The molecule has 18 heavy (non-hydrogen) atoms. The van der Waals surface area contributed by atoms with Gasteiger partial charge >= 0.3 is 0 Å². The quantitative estimate of drug-likeness (QED) is 0.942. The van der Waals surface area contributed by atoms with Crippen molar-refractivity contribution in [3.63, 3.8) is 0 Å². The third-order valence-electron chi connectivity index (χ3n) is 2.29. The summed E-state index contributed by atoms with van der Waals surface area (Å²) in [6.45, 7) is 0.329. The molecule has 0 aliphatic heterocycles. The summed E-state index contributed by atoms with van der Waals surface area (Å²) in [5.74, 6) is 1.58. The first-order valence-electron chi connectivity index (χ1n) is 5.20. The maximum atomic E-state index is 12.1. The number of rotatable bonds is 4. The molecule has 2 rings (SSSR count). The predicted molar refractivity (Wildman–Crippen MR) is 73.2 cm³/mol. The fraction of sp³-hybridized carbons (Fsp3) is 0.167. The van der Waals surface area contributed by atoms with Crippen molar-refractivity contribution < 1.29 is 8.63 Å². The monoisotopic (exact) mass is 303 g/mol. The van der Waals surface area contributed by atoms with E-state index in [4.69, 9.17) is 33.4 Å². The first kappa shape index (κ1) is 13.6. The van der Waals surface area contributed by atoms with Crippen LogP contribution >= 0.6 is 23.2 Å². The molecule has 0 saturated heterocycles. The Hall–Kier alpha value is -0.810. The number of benzene rings is 1. The van der Waals surface area contributed by atoms with E-state index in [-0.39, 0.29) is 5.75 Å². The Morgan fingerprint density at radius 3 is 2.28 bits per heavy atom. The van der Waals surface area contributed by atoms with Crippen molar-refractivity contribution in [2.24, 2.45) is 5.73 Å². The molecule has 1 heterocycles. The SMILES string of the molecule is NCc1ccc(CS(=O)c2cc(Cl)cc(Cl)c2)o1. The van der Waals surface area contributed by atoms with Crippen LogP contribution in [-0.4, -0.2) is 4.21 Å². The molecule has 3 nitrogen and oxygen atoms in total. The molecule has 0 spiro atoms. The third kappa shape index (κ3) is 3.36. The molecule has 2 N–H and O–H groups in total. The minimum atomic E-state index is -1.25. The zero-order valence-corrected chi connectivity index (χ0v) is 11.7. The van der Waals surface area contributed by atoms with Crippen molar-refractivity contribution in [3.8, 4) is 0 Å². The fourth-order valence-electron chi connectivity index (χ4n) is 1.48. The lowest BCUT2D eigenvalue weighted by Gasteiger charge is -2.02. The normalized spacial score (nSPS) is 12.6. The first-order chi connectivity index (χ1) is 8.58. The second-order valence-electron chi connectivity index (χ2n) is 3.67. The number of furan rings is 1. The molecular formula is C12H11Cl2NO2S. The van der Waals surface area contributed by atoms with Crippen LogP contribution < -0.4 is 5.73 Å². The largest absolute Gasteiger partial charge is 0.464 e. The van der Waals surface area contributed by atoms with E-state index in [2.05, 4.69) is 0 Å². The number of halogens is 2. The standard InChI is InChI=1S/C12H11Cl2NO2S/c13-8-3-9(14)5-12(4-8)18(16)7-11-2-1-10(6-15)17-11/h1-5H,6-7,15H2. The first-order valence-corrected chi connectivity index (χ1v) is 7.28. The Morgan fingerprint density at radius 2 is 1.72 bits per heavy atom. The van der Waals surface area contributed by atoms with Crippen LogP contribution in [0.15, 0.2) is 39.6 Å². The fourth-order valence-corrected chi connectivity index (χ4v) is 3.23. The van der Waals surface area contributed by atoms with Crippen molar-refractivity contribution in [3.05, 3.63) is 51.9 Å². The van der Waals surface area contributed by atoms with Gasteiger partial charge in [-0.2, -0.15) is 0 Å². The highest BCUT2D eigenvalue weighted by Crippen LogP contribution is 2.23. The van der Waals surface area contributed by atoms with E-state index in [0.29, 0.717) is 33.0 Å². The highest BCUT2D eigenvalue weighted by molar-refractivity contribution is 7.84. The van der Waals surface area contributed by atoms with Gasteiger partial charge in [-0.3, -0.25) is 4.21 Å². The molecule has 0 radical (unpaired) electrons. The van der Waals surface area contributed by atoms with Crippen molar-refractivity contribution >= 4 is 34.0 Å². The molecule has 6 heteroatoms. The molecule has 0 amide bonds. The van der Waals surface area contributed by atoms with Gasteiger partial charge in [0.1, 0.15) is 11.5 Å². The van der Waals surface area contributed by atoms with Gasteiger partial charge < -0.3 is 10.2 Å². The summed E-state index contributed by atoms with van der Waals surface area (Å²) in [4.78, 5) is 0.582. The highest BCUT2D eigenvalue weighted by Gasteiger charge is 2.10. The Kier molecular flexibility index (Phi) is 4.45. The molecule has 1 unspecified atom stereocenters. The summed E-state index contributed by atoms with van der Waals surface area (Å²) in [6.07, 6.45) is 0. The van der Waals surface area contributed by atoms with E-state index in [0.717, 1.165) is 0 Å². The lowest BCUT2D eigenvalue weighted by molar-refractivity contribution is 0.481. The smallest absolute Gasteiger partial charge is 0.117 e. The predicted octanol–water partition coefficient (Wildman–Crippen LogP) is 3.35. The van der Waals surface area contributed by atoms with Gasteiger partial charge in [0, 0.05) is 14.9 Å². The van der Waals surface area contributed by atoms with Crippen LogP contribution in [-0.2, 0) is 23.1 Å². The van der Waals surface area contributed by atoms with Crippen molar-refractivity contribution in [2.75, 3.05) is 0 Å². The minimum Gasteiger partial charge on any atom is -0.464 e. The maximum absolute atomic E-state index is 12.1. The number of nitrogens with two attached hydrogens (primary N) is 1. The second-order valence-corrected chi connectivity index (χ2v) is 5.99. The van der Waals surface area contributed by atoms with E-state index in [1.54, 1.807) is 30.3 Å². The Labute approximate surface area is 117 Å². The maximum Gasteiger partial charge on any atom is 0.117 e. The lowest BCUT2D eigenvalue weighted by Crippen LogP contribution is -1.96. The summed E-state index contributed by atoms with van der Waals surface area (Å²) in [7, 11) is -1.25. The van der Waals surface area contributed by atoms with Crippen LogP contribution in [0.1, 0.15) is 11.5 Å². The summed E-state index contributed by atoms with van der Waals surface area (Å²) >= 11 is 11.7. The van der Waals surface area contributed by atoms with Crippen molar-refractivity contribution in [1.82, 2.24) is 0 Å². The van der Waals surface area contributed by atoms with E-state index >= 15 is 0 Å².